The molecular formula is C14H12ClF3N2. The average Bonchev–Trinajstić information content (AvgIpc) is 2.40. The van der Waals surface area contributed by atoms with Crippen LogP contribution in [0.25, 0.3) is 0 Å². The lowest BCUT2D eigenvalue weighted by molar-refractivity contribution is -0.138. The molecule has 0 bridgehead atoms. The van der Waals surface area contributed by atoms with E-state index in [0.717, 1.165) is 17.8 Å². The Morgan fingerprint density at radius 3 is 2.40 bits per heavy atom. The third kappa shape index (κ3) is 3.49. The maximum absolute atomic E-state index is 12.9. The normalized spacial score (nSPS) is 13.2. The molecule has 0 aliphatic heterocycles. The van der Waals surface area contributed by atoms with Crippen LogP contribution in [0.1, 0.15) is 22.7 Å². The van der Waals surface area contributed by atoms with Crippen molar-refractivity contribution in [1.29, 1.82) is 0 Å². The Bertz CT molecular complexity index is 582. The van der Waals surface area contributed by atoms with Crippen molar-refractivity contribution in [3.63, 3.8) is 0 Å². The van der Waals surface area contributed by atoms with E-state index in [1.165, 1.54) is 6.20 Å². The van der Waals surface area contributed by atoms with Crippen molar-refractivity contribution >= 4 is 11.6 Å². The molecule has 2 aromatic rings. The summed E-state index contributed by atoms with van der Waals surface area (Å²) in [5.74, 6) is 0. The van der Waals surface area contributed by atoms with Gasteiger partial charge in [0.1, 0.15) is 0 Å². The van der Waals surface area contributed by atoms with Gasteiger partial charge in [0.25, 0.3) is 0 Å². The summed E-state index contributed by atoms with van der Waals surface area (Å²) < 4.78 is 38.7. The molecule has 1 aromatic heterocycles. The number of hydrogen-bond donors (Lipinski definition) is 1. The first-order valence-electron chi connectivity index (χ1n) is 5.89. The molecule has 1 aromatic carbocycles. The van der Waals surface area contributed by atoms with Gasteiger partial charge < -0.3 is 5.73 Å². The van der Waals surface area contributed by atoms with Crippen LogP contribution in [0.4, 0.5) is 13.2 Å². The molecule has 0 amide bonds. The van der Waals surface area contributed by atoms with Gasteiger partial charge in [-0.15, -0.1) is 0 Å². The fourth-order valence-corrected chi connectivity index (χ4v) is 2.07. The van der Waals surface area contributed by atoms with Gasteiger partial charge in [0.2, 0.25) is 0 Å². The molecule has 0 aliphatic rings. The third-order valence-electron chi connectivity index (χ3n) is 2.93. The van der Waals surface area contributed by atoms with Crippen LogP contribution in [0, 0.1) is 0 Å². The number of benzene rings is 1. The number of nitrogens with zero attached hydrogens (tertiary/aromatic N) is 1. The highest BCUT2D eigenvalue weighted by molar-refractivity contribution is 6.30. The lowest BCUT2D eigenvalue weighted by Crippen LogP contribution is -2.19. The topological polar surface area (TPSA) is 38.9 Å². The van der Waals surface area contributed by atoms with Crippen LogP contribution in [0.15, 0.2) is 42.7 Å². The minimum atomic E-state index is -4.43. The van der Waals surface area contributed by atoms with E-state index in [4.69, 9.17) is 17.3 Å². The van der Waals surface area contributed by atoms with Gasteiger partial charge in [0.05, 0.1) is 5.56 Å². The maximum atomic E-state index is 12.9. The van der Waals surface area contributed by atoms with Crippen LogP contribution in [-0.2, 0) is 12.6 Å². The maximum Gasteiger partial charge on any atom is 0.416 e. The minimum absolute atomic E-state index is 0.00468. The highest BCUT2D eigenvalue weighted by atomic mass is 35.5. The number of rotatable bonds is 3. The second kappa shape index (κ2) is 5.81. The van der Waals surface area contributed by atoms with Crippen molar-refractivity contribution in [2.75, 3.05) is 0 Å². The van der Waals surface area contributed by atoms with Crippen molar-refractivity contribution in [2.24, 2.45) is 5.73 Å². The SMILES string of the molecule is NC(Cc1ccc(Cl)cc1)c1cnccc1C(F)(F)F. The second-order valence-corrected chi connectivity index (χ2v) is 4.83. The smallest absolute Gasteiger partial charge is 0.324 e. The monoisotopic (exact) mass is 300 g/mol. The van der Waals surface area contributed by atoms with Gasteiger partial charge >= 0.3 is 6.18 Å². The number of aromatic nitrogens is 1. The van der Waals surface area contributed by atoms with Gasteiger partial charge in [-0.1, -0.05) is 23.7 Å². The molecule has 20 heavy (non-hydrogen) atoms. The highest BCUT2D eigenvalue weighted by Crippen LogP contribution is 2.34. The fraction of sp³-hybridized carbons (Fsp3) is 0.214. The third-order valence-corrected chi connectivity index (χ3v) is 3.18. The van der Waals surface area contributed by atoms with E-state index in [1.54, 1.807) is 24.3 Å². The van der Waals surface area contributed by atoms with Gasteiger partial charge in [-0.25, -0.2) is 0 Å². The van der Waals surface area contributed by atoms with Crippen molar-refractivity contribution < 1.29 is 13.2 Å². The molecule has 1 unspecified atom stereocenters. The molecule has 0 aliphatic carbocycles. The lowest BCUT2D eigenvalue weighted by atomic mass is 9.97. The van der Waals surface area contributed by atoms with Crippen LogP contribution < -0.4 is 5.73 Å². The molecule has 2 nitrogen and oxygen atoms in total. The highest BCUT2D eigenvalue weighted by Gasteiger charge is 2.34. The molecule has 2 N–H and O–H groups in total. The fourth-order valence-electron chi connectivity index (χ4n) is 1.94. The molecule has 0 radical (unpaired) electrons. The summed E-state index contributed by atoms with van der Waals surface area (Å²) in [6, 6.07) is 7.01. The van der Waals surface area contributed by atoms with Crippen molar-refractivity contribution in [3.05, 3.63) is 64.4 Å². The summed E-state index contributed by atoms with van der Waals surface area (Å²) in [7, 11) is 0. The standard InChI is InChI=1S/C14H12ClF3N2/c15-10-3-1-9(2-4-10)7-13(19)11-8-20-6-5-12(11)14(16,17)18/h1-6,8,13H,7,19H2. The second-order valence-electron chi connectivity index (χ2n) is 4.40. The van der Waals surface area contributed by atoms with E-state index in [2.05, 4.69) is 4.98 Å². The minimum Gasteiger partial charge on any atom is -0.324 e. The van der Waals surface area contributed by atoms with Gasteiger partial charge in [-0.05, 0) is 35.7 Å². The zero-order valence-corrected chi connectivity index (χ0v) is 11.1. The van der Waals surface area contributed by atoms with E-state index in [9.17, 15) is 13.2 Å². The summed E-state index contributed by atoms with van der Waals surface area (Å²) in [5, 5.41) is 0.569. The summed E-state index contributed by atoms with van der Waals surface area (Å²) in [6.07, 6.45) is -1.87. The van der Waals surface area contributed by atoms with Crippen LogP contribution in [0.2, 0.25) is 5.02 Å². The van der Waals surface area contributed by atoms with Gasteiger partial charge in [-0.2, -0.15) is 13.2 Å². The average molecular weight is 301 g/mol. The molecule has 2 rings (SSSR count). The molecule has 106 valence electrons. The Balaban J connectivity index is 2.25. The quantitative estimate of drug-likeness (QED) is 0.930. The van der Waals surface area contributed by atoms with Crippen molar-refractivity contribution in [1.82, 2.24) is 4.98 Å². The summed E-state index contributed by atoms with van der Waals surface area (Å²) >= 11 is 5.76. The zero-order chi connectivity index (χ0) is 14.8. The molecule has 0 spiro atoms. The van der Waals surface area contributed by atoms with E-state index in [-0.39, 0.29) is 12.0 Å². The molecule has 0 fully saturated rings. The molecule has 0 saturated heterocycles. The Labute approximate surface area is 119 Å². The number of halogens is 4. The first kappa shape index (κ1) is 14.8. The molecule has 1 heterocycles. The predicted molar refractivity (Wildman–Crippen MR) is 71.3 cm³/mol. The van der Waals surface area contributed by atoms with Crippen LogP contribution in [0.5, 0.6) is 0 Å². The number of alkyl halides is 3. The van der Waals surface area contributed by atoms with Crippen LogP contribution in [0.3, 0.4) is 0 Å². The number of pyridine rings is 1. The largest absolute Gasteiger partial charge is 0.416 e. The lowest BCUT2D eigenvalue weighted by Gasteiger charge is -2.17. The van der Waals surface area contributed by atoms with E-state index in [1.807, 2.05) is 0 Å². The Hall–Kier alpha value is -1.59. The first-order chi connectivity index (χ1) is 9.38. The van der Waals surface area contributed by atoms with Crippen molar-refractivity contribution in [2.45, 2.75) is 18.6 Å². The van der Waals surface area contributed by atoms with E-state index >= 15 is 0 Å². The van der Waals surface area contributed by atoms with Crippen LogP contribution >= 0.6 is 11.6 Å². The van der Waals surface area contributed by atoms with Gasteiger partial charge in [-0.3, -0.25) is 4.98 Å². The Morgan fingerprint density at radius 1 is 1.15 bits per heavy atom. The van der Waals surface area contributed by atoms with E-state index in [0.29, 0.717) is 5.02 Å². The Kier molecular flexibility index (Phi) is 4.30. The molecule has 1 atom stereocenters. The summed E-state index contributed by atoms with van der Waals surface area (Å²) in [6.45, 7) is 0. The number of hydrogen-bond acceptors (Lipinski definition) is 2. The van der Waals surface area contributed by atoms with Crippen LogP contribution in [-0.4, -0.2) is 4.98 Å². The van der Waals surface area contributed by atoms with Gasteiger partial charge in [0.15, 0.2) is 0 Å². The van der Waals surface area contributed by atoms with Gasteiger partial charge in [0, 0.05) is 23.5 Å². The zero-order valence-electron chi connectivity index (χ0n) is 10.4. The Morgan fingerprint density at radius 2 is 1.80 bits per heavy atom. The number of nitrogens with two attached hydrogens (primary N) is 1. The summed E-state index contributed by atoms with van der Waals surface area (Å²) in [4.78, 5) is 3.73. The summed E-state index contributed by atoms with van der Waals surface area (Å²) in [5.41, 5.74) is 5.96. The molecule has 6 heteroatoms. The molecule has 0 saturated carbocycles. The predicted octanol–water partition coefficient (Wildman–Crippen LogP) is 4.00. The molecular weight excluding hydrogens is 289 g/mol. The van der Waals surface area contributed by atoms with Crippen molar-refractivity contribution in [3.8, 4) is 0 Å². The van der Waals surface area contributed by atoms with E-state index < -0.39 is 17.8 Å². The first-order valence-corrected chi connectivity index (χ1v) is 6.27.